The van der Waals surface area contributed by atoms with Crippen molar-refractivity contribution in [3.8, 4) is 33.4 Å². The Morgan fingerprint density at radius 1 is 0.464 bits per heavy atom. The van der Waals surface area contributed by atoms with Crippen molar-refractivity contribution in [3.63, 3.8) is 0 Å². The average molecular weight is 1220 g/mol. The summed E-state index contributed by atoms with van der Waals surface area (Å²) in [6.07, 6.45) is 18.4. The van der Waals surface area contributed by atoms with Crippen LogP contribution in [0, 0.1) is 23.5 Å². The van der Waals surface area contributed by atoms with Crippen molar-refractivity contribution >= 4 is 384 Å². The molecule has 4 aliphatic carbocycles. The Kier molecular flexibility index (Phi) is 18.7. The Hall–Kier alpha value is -6.33. The molecule has 2 aliphatic heterocycles. The second kappa shape index (κ2) is 25.7. The minimum atomic E-state index is -0.290. The summed E-state index contributed by atoms with van der Waals surface area (Å²) in [7, 11) is 67.5. The van der Waals surface area contributed by atoms with E-state index in [9.17, 15) is 0 Å². The molecule has 6 aromatic carbocycles. The number of hydrogen-bond acceptors (Lipinski definition) is 2. The molecule has 2 nitrogen and oxygen atoms in total. The van der Waals surface area contributed by atoms with E-state index < -0.39 is 0 Å². The third-order valence-corrected chi connectivity index (χ3v) is 25.8. The zero-order valence-corrected chi connectivity index (χ0v) is 63.6. The molecule has 0 amide bonds. The summed E-state index contributed by atoms with van der Waals surface area (Å²) in [5, 5.41) is 3.46. The third-order valence-electron chi connectivity index (χ3n) is 25.8. The van der Waals surface area contributed by atoms with Gasteiger partial charge in [-0.1, -0.05) is 0 Å². The van der Waals surface area contributed by atoms with E-state index in [1.165, 1.54) is 126 Å². The molecule has 2 heterocycles. The molecular formula is C62H71B31F2N2. The summed E-state index contributed by atoms with van der Waals surface area (Å²) in [4.78, 5) is 4.65. The fraction of sp³-hybridized carbons (Fsp3) is 0.0323. The number of allylic oxidation sites excluding steroid dienone is 18. The predicted molar refractivity (Wildman–Crippen MR) is 514 cm³/mol. The second-order valence-electron chi connectivity index (χ2n) is 30.1. The van der Waals surface area contributed by atoms with Gasteiger partial charge in [0.05, 0.1) is 0 Å². The van der Waals surface area contributed by atoms with E-state index in [4.69, 9.17) is 7.49 Å². The number of rotatable bonds is 9. The first kappa shape index (κ1) is 70.5. The van der Waals surface area contributed by atoms with Crippen molar-refractivity contribution in [2.24, 2.45) is 11.8 Å². The second-order valence-corrected chi connectivity index (χ2v) is 30.1. The Balaban J connectivity index is 1.15. The van der Waals surface area contributed by atoms with Gasteiger partial charge in [-0.25, -0.2) is 0 Å². The topological polar surface area (TPSA) is 6.48 Å². The maximum absolute atomic E-state index is 19.7. The van der Waals surface area contributed by atoms with Gasteiger partial charge in [-0.15, -0.1) is 0 Å². The van der Waals surface area contributed by atoms with Gasteiger partial charge in [0.1, 0.15) is 0 Å². The van der Waals surface area contributed by atoms with Gasteiger partial charge in [-0.05, 0) is 0 Å². The van der Waals surface area contributed by atoms with Gasteiger partial charge >= 0.3 is 609 Å². The van der Waals surface area contributed by atoms with E-state index in [0.717, 1.165) is 116 Å². The number of fused-ring (bicyclic) bond motifs is 2. The average Bonchev–Trinajstić information content (AvgIpc) is 1.66. The fourth-order valence-corrected chi connectivity index (χ4v) is 17.5. The van der Waals surface area contributed by atoms with Gasteiger partial charge in [-0.2, -0.15) is 0 Å². The first-order chi connectivity index (χ1) is 45.6. The van der Waals surface area contributed by atoms with Crippen LogP contribution in [0.2, 0.25) is 0 Å². The molecule has 0 fully saturated rings. The molecule has 97 heavy (non-hydrogen) atoms. The van der Waals surface area contributed by atoms with Crippen molar-refractivity contribution < 1.29 is 8.78 Å². The summed E-state index contributed by atoms with van der Waals surface area (Å²) in [6, 6.07) is 6.48. The Morgan fingerprint density at radius 2 is 0.948 bits per heavy atom. The van der Waals surface area contributed by atoms with Crippen LogP contribution >= 0.6 is 0 Å². The van der Waals surface area contributed by atoms with Crippen molar-refractivity contribution in [2.45, 2.75) is 0 Å². The molecule has 0 saturated carbocycles. The maximum atomic E-state index is 19.7. The zero-order valence-electron chi connectivity index (χ0n) is 63.6. The predicted octanol–water partition coefficient (Wildman–Crippen LogP) is -30.7. The Bertz CT molecular complexity index is 5080. The number of nitrogens with zero attached hydrogens (tertiary/aromatic N) is 2. The van der Waals surface area contributed by atoms with E-state index in [1.54, 1.807) is 0 Å². The number of anilines is 3. The summed E-state index contributed by atoms with van der Waals surface area (Å²) in [5.74, 6) is -0.884. The molecule has 0 N–H and O–H groups in total. The summed E-state index contributed by atoms with van der Waals surface area (Å²) >= 11 is 0. The molecule has 6 aliphatic rings. The Morgan fingerprint density at radius 3 is 1.51 bits per heavy atom. The van der Waals surface area contributed by atoms with Gasteiger partial charge < -0.3 is 0 Å². The van der Waals surface area contributed by atoms with E-state index in [2.05, 4.69) is 289 Å². The SMILES string of the molecule is B=C1BC(B)=C(B)C(B)=C1N(C1=CC=C2C=CC3=C(N4c5c(cc(-c6c(B)c(B)c(B)c(B)c6B)c(B)c5F)C(/C(B)=C(/B)C(B)=C(B)B)=Bc5c(B)c(B)c(B)c(B)c54)C=CC4=CC=C1C2C43)c1c(F)cc(-c2c(B)c(B)c(B)c(B)c2B)cc1-c1c(B)c(B)c(B)c(B)c1B. The zero-order chi connectivity index (χ0) is 70.8. The molecule has 0 bridgehead atoms. The molecule has 6 aromatic rings. The summed E-state index contributed by atoms with van der Waals surface area (Å²) in [6.45, 7) is 2.40. The normalized spacial score (nSPS) is 16.9. The van der Waals surface area contributed by atoms with Crippen LogP contribution in [0.3, 0.4) is 0 Å². The standard InChI is InChI=1S/C62H71B31F2N2/c63-28-17(26-31(66)37(72)42(77)38(73)32(26)67)11-19-53(47(82)46(81)51(86)60(88)89)92-54-48(83)44(79)45(80)49(84)58(54)97(57(19)55(28)95)22-8-4-13-1-5-15-21(7-3-12-2-6-16(22)24(13)23(12)15)96(59-50(85)52(87)61(90)93-62(59)91)56-18(27-33(68)39(74)43(78)40(75)34(27)69)9-14(10-20(56)94)25-29(64)35(70)41(76)36(71)30(25)65/h1-11,23-24,91,93H,63-90H2/b47-46-. The van der Waals surface area contributed by atoms with Gasteiger partial charge in [0, 0.05) is 0 Å². The minimum absolute atomic E-state index is 0.181. The molecule has 0 spiro atoms. The quantitative estimate of drug-likeness (QED) is 0.105. The molecule has 2 unspecified atom stereocenters. The van der Waals surface area contributed by atoms with Gasteiger partial charge in [0.15, 0.2) is 0 Å². The summed E-state index contributed by atoms with van der Waals surface area (Å²) < 4.78 is 39.2. The first-order valence-corrected chi connectivity index (χ1v) is 35.2. The van der Waals surface area contributed by atoms with Crippen molar-refractivity contribution in [1.29, 1.82) is 0 Å². The van der Waals surface area contributed by atoms with Crippen LogP contribution in [-0.4, -0.2) is 252 Å². The third kappa shape index (κ3) is 10.7. The van der Waals surface area contributed by atoms with Crippen molar-refractivity contribution in [1.82, 2.24) is 0 Å². The van der Waals surface area contributed by atoms with Crippen LogP contribution in [0.25, 0.3) is 33.4 Å². The number of hydrogen-bond donors (Lipinski definition) is 0. The van der Waals surface area contributed by atoms with Crippen molar-refractivity contribution in [2.75, 3.05) is 9.80 Å². The fourth-order valence-electron chi connectivity index (χ4n) is 17.5. The van der Waals surface area contributed by atoms with E-state index >= 15 is 8.78 Å². The van der Waals surface area contributed by atoms with Gasteiger partial charge in [-0.3, -0.25) is 0 Å². The van der Waals surface area contributed by atoms with Crippen LogP contribution in [0.15, 0.2) is 144 Å². The van der Waals surface area contributed by atoms with E-state index in [0.29, 0.717) is 24.1 Å². The van der Waals surface area contributed by atoms with Crippen LogP contribution in [-0.2, 0) is 0 Å². The molecule has 0 saturated heterocycles. The molecular weight excluding hydrogens is 1150 g/mol. The van der Waals surface area contributed by atoms with E-state index in [-0.39, 0.29) is 23.5 Å². The van der Waals surface area contributed by atoms with E-state index in [1.807, 2.05) is 13.9 Å². The summed E-state index contributed by atoms with van der Waals surface area (Å²) in [5.41, 5.74) is 47.6. The molecule has 0 aromatic heterocycles. The monoisotopic (exact) mass is 1220 g/mol. The molecule has 2 atom stereocenters. The molecule has 436 valence electrons. The van der Waals surface area contributed by atoms with Crippen LogP contribution in [0.5, 0.6) is 0 Å². The number of benzene rings is 6. The van der Waals surface area contributed by atoms with Crippen LogP contribution in [0.1, 0.15) is 5.56 Å². The van der Waals surface area contributed by atoms with Gasteiger partial charge in [0.2, 0.25) is 0 Å². The first-order valence-electron chi connectivity index (χ1n) is 35.2. The molecule has 35 heteroatoms. The number of halogens is 2. The molecule has 12 rings (SSSR count). The van der Waals surface area contributed by atoms with Crippen LogP contribution in [0.4, 0.5) is 25.8 Å². The molecule has 0 radical (unpaired) electrons. The van der Waals surface area contributed by atoms with Crippen molar-refractivity contribution in [3.05, 3.63) is 161 Å². The van der Waals surface area contributed by atoms with Crippen LogP contribution < -0.4 is 125 Å². The van der Waals surface area contributed by atoms with Gasteiger partial charge in [0.25, 0.3) is 0 Å². The Labute approximate surface area is 604 Å².